The molecule has 6 heteroatoms. The summed E-state index contributed by atoms with van der Waals surface area (Å²) in [4.78, 5) is 13.9. The summed E-state index contributed by atoms with van der Waals surface area (Å²) in [5.74, 6) is -0.0394. The topological polar surface area (TPSA) is 55.6 Å². The van der Waals surface area contributed by atoms with Crippen LogP contribution in [0.4, 0.5) is 0 Å². The molecule has 0 fully saturated rings. The van der Waals surface area contributed by atoms with E-state index < -0.39 is 6.04 Å². The Kier molecular flexibility index (Phi) is 6.26. The Hall–Kier alpha value is -0.620. The summed E-state index contributed by atoms with van der Waals surface area (Å²) >= 11 is 3.54. The van der Waals surface area contributed by atoms with Gasteiger partial charge in [-0.2, -0.15) is 0 Å². The second-order valence-electron chi connectivity index (χ2n) is 4.45. The Morgan fingerprint density at radius 3 is 3.00 bits per heavy atom. The molecule has 2 N–H and O–H groups in total. The molecule has 1 aromatic rings. The van der Waals surface area contributed by atoms with Crippen LogP contribution in [0.5, 0.6) is 0 Å². The van der Waals surface area contributed by atoms with Crippen molar-refractivity contribution in [2.45, 2.75) is 19.0 Å². The fourth-order valence-electron chi connectivity index (χ4n) is 2.24. The average molecular weight is 350 g/mol. The number of hydrogen-bond acceptors (Lipinski definition) is 3. The van der Waals surface area contributed by atoms with Gasteiger partial charge in [0.2, 0.25) is 5.91 Å². The van der Waals surface area contributed by atoms with Crippen molar-refractivity contribution in [1.82, 2.24) is 4.90 Å². The Balaban J connectivity index is 0.00000180. The summed E-state index contributed by atoms with van der Waals surface area (Å²) in [5, 5.41) is 0. The van der Waals surface area contributed by atoms with E-state index >= 15 is 0 Å². The normalized spacial score (nSPS) is 15.4. The van der Waals surface area contributed by atoms with Crippen LogP contribution in [0.3, 0.4) is 0 Å². The summed E-state index contributed by atoms with van der Waals surface area (Å²) in [6, 6.07) is 5.52. The number of amides is 1. The number of carbonyl (C=O) groups is 1. The number of methoxy groups -OCH3 is 1. The van der Waals surface area contributed by atoms with Crippen molar-refractivity contribution in [3.05, 3.63) is 33.8 Å². The highest BCUT2D eigenvalue weighted by molar-refractivity contribution is 9.10. The molecule has 0 aromatic heterocycles. The van der Waals surface area contributed by atoms with Crippen LogP contribution in [-0.2, 0) is 22.5 Å². The molecule has 2 rings (SSSR count). The number of nitrogens with two attached hydrogens (primary N) is 1. The smallest absolute Gasteiger partial charge is 0.242 e. The van der Waals surface area contributed by atoms with Crippen LogP contribution in [0.15, 0.2) is 22.7 Å². The first-order valence-electron chi connectivity index (χ1n) is 5.93. The number of fused-ring (bicyclic) bond motifs is 1. The number of halogens is 2. The second kappa shape index (κ2) is 7.24. The molecule has 1 heterocycles. The fourth-order valence-corrected chi connectivity index (χ4v) is 2.84. The first-order chi connectivity index (χ1) is 8.63. The number of rotatable bonds is 3. The van der Waals surface area contributed by atoms with Gasteiger partial charge in [0.1, 0.15) is 6.04 Å². The molecule has 0 aliphatic carbocycles. The maximum Gasteiger partial charge on any atom is 0.242 e. The van der Waals surface area contributed by atoms with Gasteiger partial charge < -0.3 is 15.4 Å². The molecule has 106 valence electrons. The first kappa shape index (κ1) is 16.4. The van der Waals surface area contributed by atoms with E-state index in [1.54, 1.807) is 12.0 Å². The van der Waals surface area contributed by atoms with Gasteiger partial charge >= 0.3 is 0 Å². The zero-order chi connectivity index (χ0) is 13.1. The van der Waals surface area contributed by atoms with Crippen LogP contribution in [0, 0.1) is 0 Å². The van der Waals surface area contributed by atoms with Crippen molar-refractivity contribution in [3.8, 4) is 0 Å². The Labute approximate surface area is 127 Å². The summed E-state index contributed by atoms with van der Waals surface area (Å²) in [6.45, 7) is 1.61. The molecule has 0 bridgehead atoms. The van der Waals surface area contributed by atoms with Crippen LogP contribution in [0.2, 0.25) is 0 Å². The molecule has 1 atom stereocenters. The van der Waals surface area contributed by atoms with Gasteiger partial charge in [0.25, 0.3) is 0 Å². The van der Waals surface area contributed by atoms with E-state index in [1.807, 2.05) is 12.1 Å². The quantitative estimate of drug-likeness (QED) is 0.904. The minimum atomic E-state index is -0.566. The highest BCUT2D eigenvalue weighted by Crippen LogP contribution is 2.26. The fraction of sp³-hybridized carbons (Fsp3) is 0.462. The molecule has 4 nitrogen and oxygen atoms in total. The van der Waals surface area contributed by atoms with E-state index in [0.717, 1.165) is 10.9 Å². The number of benzene rings is 1. The second-order valence-corrected chi connectivity index (χ2v) is 5.30. The molecule has 0 radical (unpaired) electrons. The zero-order valence-corrected chi connectivity index (χ0v) is 13.2. The number of ether oxygens (including phenoxy) is 1. The van der Waals surface area contributed by atoms with Crippen LogP contribution in [0.1, 0.15) is 11.1 Å². The van der Waals surface area contributed by atoms with Crippen molar-refractivity contribution in [1.29, 1.82) is 0 Å². The van der Waals surface area contributed by atoms with Crippen LogP contribution in [0.25, 0.3) is 0 Å². The molecule has 1 aliphatic rings. The molecule has 1 aliphatic heterocycles. The standard InChI is InChI=1S/C13H17BrN2O2.ClH/c1-18-8-12(15)13(17)16-6-5-10-9(7-16)3-2-4-11(10)14;/h2-4,12H,5-8,15H2,1H3;1H. The average Bonchev–Trinajstić information content (AvgIpc) is 2.38. The van der Waals surface area contributed by atoms with E-state index in [0.29, 0.717) is 13.1 Å². The van der Waals surface area contributed by atoms with Crippen LogP contribution >= 0.6 is 28.3 Å². The van der Waals surface area contributed by atoms with E-state index in [-0.39, 0.29) is 24.9 Å². The summed E-state index contributed by atoms with van der Waals surface area (Å²) < 4.78 is 6.04. The van der Waals surface area contributed by atoms with E-state index in [9.17, 15) is 4.79 Å². The third kappa shape index (κ3) is 3.69. The molecular weight excluding hydrogens is 332 g/mol. The van der Waals surface area contributed by atoms with Crippen molar-refractivity contribution in [2.75, 3.05) is 20.3 Å². The maximum atomic E-state index is 12.1. The molecule has 0 saturated carbocycles. The molecular formula is C13H18BrClN2O2. The lowest BCUT2D eigenvalue weighted by Crippen LogP contribution is -2.47. The number of carbonyl (C=O) groups excluding carboxylic acids is 1. The van der Waals surface area contributed by atoms with Gasteiger partial charge in [-0.05, 0) is 23.6 Å². The molecule has 19 heavy (non-hydrogen) atoms. The van der Waals surface area contributed by atoms with Gasteiger partial charge in [-0.1, -0.05) is 28.1 Å². The highest BCUT2D eigenvalue weighted by Gasteiger charge is 2.25. The minimum absolute atomic E-state index is 0. The minimum Gasteiger partial charge on any atom is -0.383 e. The van der Waals surface area contributed by atoms with Crippen molar-refractivity contribution < 1.29 is 9.53 Å². The Morgan fingerprint density at radius 1 is 1.58 bits per heavy atom. The molecule has 1 aromatic carbocycles. The first-order valence-corrected chi connectivity index (χ1v) is 6.72. The van der Waals surface area contributed by atoms with Crippen molar-refractivity contribution in [2.24, 2.45) is 5.73 Å². The lowest BCUT2D eigenvalue weighted by Gasteiger charge is -2.31. The predicted octanol–water partition coefficient (Wildman–Crippen LogP) is 1.73. The molecule has 0 saturated heterocycles. The van der Waals surface area contributed by atoms with Crippen molar-refractivity contribution >= 4 is 34.2 Å². The summed E-state index contributed by atoms with van der Waals surface area (Å²) in [5.41, 5.74) is 8.26. The summed E-state index contributed by atoms with van der Waals surface area (Å²) in [6.07, 6.45) is 0.863. The van der Waals surface area contributed by atoms with Gasteiger partial charge in [-0.25, -0.2) is 0 Å². The summed E-state index contributed by atoms with van der Waals surface area (Å²) in [7, 11) is 1.55. The molecule has 1 unspecified atom stereocenters. The predicted molar refractivity (Wildman–Crippen MR) is 80.4 cm³/mol. The molecule has 0 spiro atoms. The van der Waals surface area contributed by atoms with Gasteiger partial charge in [-0.15, -0.1) is 12.4 Å². The molecule has 1 amide bonds. The highest BCUT2D eigenvalue weighted by atomic mass is 79.9. The van der Waals surface area contributed by atoms with Crippen molar-refractivity contribution in [3.63, 3.8) is 0 Å². The van der Waals surface area contributed by atoms with E-state index in [1.165, 1.54) is 11.1 Å². The van der Waals surface area contributed by atoms with Gasteiger partial charge in [0.05, 0.1) is 6.61 Å². The maximum absolute atomic E-state index is 12.1. The van der Waals surface area contributed by atoms with Crippen LogP contribution in [-0.4, -0.2) is 37.1 Å². The Morgan fingerprint density at radius 2 is 2.32 bits per heavy atom. The third-order valence-corrected chi connectivity index (χ3v) is 3.93. The lowest BCUT2D eigenvalue weighted by atomic mass is 9.99. The van der Waals surface area contributed by atoms with Gasteiger partial charge in [0.15, 0.2) is 0 Å². The Bertz CT molecular complexity index is 456. The van der Waals surface area contributed by atoms with E-state index in [4.69, 9.17) is 10.5 Å². The largest absolute Gasteiger partial charge is 0.383 e. The van der Waals surface area contributed by atoms with Crippen LogP contribution < -0.4 is 5.73 Å². The lowest BCUT2D eigenvalue weighted by molar-refractivity contribution is -0.134. The SMILES string of the molecule is COCC(N)C(=O)N1CCc2c(Br)cccc2C1.Cl. The zero-order valence-electron chi connectivity index (χ0n) is 10.8. The van der Waals surface area contributed by atoms with Gasteiger partial charge in [0, 0.05) is 24.7 Å². The number of nitrogens with zero attached hydrogens (tertiary/aromatic N) is 1. The monoisotopic (exact) mass is 348 g/mol. The third-order valence-electron chi connectivity index (χ3n) is 3.18. The van der Waals surface area contributed by atoms with E-state index in [2.05, 4.69) is 22.0 Å². The number of hydrogen-bond donors (Lipinski definition) is 1. The van der Waals surface area contributed by atoms with Gasteiger partial charge in [-0.3, -0.25) is 4.79 Å².